The topological polar surface area (TPSA) is 37.3 Å². The summed E-state index contributed by atoms with van der Waals surface area (Å²) in [6.45, 7) is 6.29. The van der Waals surface area contributed by atoms with E-state index in [1.807, 2.05) is 12.1 Å². The van der Waals surface area contributed by atoms with Gasteiger partial charge < -0.3 is 9.88 Å². The number of nitrogens with zero attached hydrogens (tertiary/aromatic N) is 2. The molecular weight excluding hydrogens is 377 g/mol. The van der Waals surface area contributed by atoms with E-state index in [1.165, 1.54) is 28.7 Å². The molecule has 158 valence electrons. The Hall–Kier alpha value is -2.66. The first-order valence-corrected chi connectivity index (χ1v) is 11.0. The summed E-state index contributed by atoms with van der Waals surface area (Å²) < 4.78 is 15.7. The molecule has 0 atom stereocenters. The summed E-state index contributed by atoms with van der Waals surface area (Å²) in [5.41, 5.74) is 3.55. The van der Waals surface area contributed by atoms with Crippen molar-refractivity contribution in [3.63, 3.8) is 0 Å². The minimum absolute atomic E-state index is 0.137. The highest BCUT2D eigenvalue weighted by Gasteiger charge is 2.25. The molecule has 2 heterocycles. The summed E-state index contributed by atoms with van der Waals surface area (Å²) in [6.07, 6.45) is 2.80. The van der Waals surface area contributed by atoms with Gasteiger partial charge in [-0.1, -0.05) is 37.3 Å². The van der Waals surface area contributed by atoms with Gasteiger partial charge in [0.05, 0.1) is 0 Å². The summed E-state index contributed by atoms with van der Waals surface area (Å²) in [7, 11) is 0. The number of nitrogens with one attached hydrogen (secondary N) is 1. The van der Waals surface area contributed by atoms with E-state index in [1.54, 1.807) is 0 Å². The molecule has 0 aliphatic carbocycles. The Morgan fingerprint density at radius 2 is 1.80 bits per heavy atom. The van der Waals surface area contributed by atoms with Crippen molar-refractivity contribution in [3.05, 3.63) is 71.7 Å². The molecule has 0 bridgehead atoms. The number of rotatable bonds is 7. The molecule has 2 aromatic carbocycles. The zero-order chi connectivity index (χ0) is 20.9. The van der Waals surface area contributed by atoms with Crippen LogP contribution in [0.5, 0.6) is 0 Å². The zero-order valence-electron chi connectivity index (χ0n) is 17.6. The molecule has 1 N–H and O–H groups in total. The van der Waals surface area contributed by atoms with Gasteiger partial charge in [-0.15, -0.1) is 0 Å². The molecule has 5 heteroatoms. The predicted molar refractivity (Wildman–Crippen MR) is 119 cm³/mol. The quantitative estimate of drug-likeness (QED) is 0.623. The fourth-order valence-corrected chi connectivity index (χ4v) is 4.33. The number of hydrogen-bond acceptors (Lipinski definition) is 2. The molecule has 0 unspecified atom stereocenters. The van der Waals surface area contributed by atoms with Crippen LogP contribution in [0.15, 0.2) is 54.6 Å². The van der Waals surface area contributed by atoms with Gasteiger partial charge in [-0.25, -0.2) is 4.39 Å². The number of halogens is 1. The average Bonchev–Trinajstić information content (AvgIpc) is 3.11. The summed E-state index contributed by atoms with van der Waals surface area (Å²) in [4.78, 5) is 14.7. The molecule has 30 heavy (non-hydrogen) atoms. The molecular formula is C25H30FN3O. The van der Waals surface area contributed by atoms with E-state index in [9.17, 15) is 9.18 Å². The third-order valence-electron chi connectivity index (χ3n) is 6.04. The van der Waals surface area contributed by atoms with E-state index in [0.717, 1.165) is 57.5 Å². The Bertz CT molecular complexity index is 987. The second-order valence-electron chi connectivity index (χ2n) is 8.25. The van der Waals surface area contributed by atoms with Crippen LogP contribution in [0.4, 0.5) is 4.39 Å². The van der Waals surface area contributed by atoms with E-state index in [0.29, 0.717) is 0 Å². The highest BCUT2D eigenvalue weighted by atomic mass is 19.1. The number of hydrogen-bond donors (Lipinski definition) is 1. The zero-order valence-corrected chi connectivity index (χ0v) is 17.6. The van der Waals surface area contributed by atoms with Crippen LogP contribution in [0.2, 0.25) is 0 Å². The molecule has 0 saturated carbocycles. The van der Waals surface area contributed by atoms with Crippen molar-refractivity contribution in [3.8, 4) is 0 Å². The van der Waals surface area contributed by atoms with Crippen molar-refractivity contribution in [2.45, 2.75) is 39.3 Å². The van der Waals surface area contributed by atoms with Gasteiger partial charge in [-0.3, -0.25) is 9.69 Å². The first-order chi connectivity index (χ1) is 14.6. The largest absolute Gasteiger partial charge is 0.356 e. The molecule has 1 saturated heterocycles. The molecule has 1 fully saturated rings. The Balaban J connectivity index is 1.48. The number of aromatic nitrogens is 1. The Morgan fingerprint density at radius 1 is 1.07 bits per heavy atom. The van der Waals surface area contributed by atoms with E-state index in [-0.39, 0.29) is 17.6 Å². The minimum atomic E-state index is -0.206. The number of likely N-dealkylation sites (tertiary alicyclic amines) is 1. The predicted octanol–water partition coefficient (Wildman–Crippen LogP) is 4.57. The molecule has 1 aliphatic rings. The second kappa shape index (κ2) is 9.43. The van der Waals surface area contributed by atoms with Crippen LogP contribution in [0.1, 0.15) is 37.4 Å². The van der Waals surface area contributed by atoms with Crippen LogP contribution in [0.3, 0.4) is 0 Å². The molecule has 4 nitrogen and oxygen atoms in total. The van der Waals surface area contributed by atoms with Crippen molar-refractivity contribution >= 4 is 16.8 Å². The van der Waals surface area contributed by atoms with Gasteiger partial charge in [0.1, 0.15) is 5.82 Å². The molecule has 0 spiro atoms. The number of fused-ring (bicyclic) bond motifs is 1. The lowest BCUT2D eigenvalue weighted by molar-refractivity contribution is -0.126. The van der Waals surface area contributed by atoms with Crippen molar-refractivity contribution in [1.82, 2.24) is 14.8 Å². The first kappa shape index (κ1) is 20.6. The molecule has 0 radical (unpaired) electrons. The van der Waals surface area contributed by atoms with Gasteiger partial charge >= 0.3 is 0 Å². The number of carbonyl (C=O) groups excluding carboxylic acids is 1. The lowest BCUT2D eigenvalue weighted by Crippen LogP contribution is -2.40. The monoisotopic (exact) mass is 407 g/mol. The highest BCUT2D eigenvalue weighted by molar-refractivity contribution is 5.81. The van der Waals surface area contributed by atoms with E-state index in [2.05, 4.69) is 52.0 Å². The Kier molecular flexibility index (Phi) is 6.48. The van der Waals surface area contributed by atoms with Crippen LogP contribution in [0.25, 0.3) is 10.9 Å². The van der Waals surface area contributed by atoms with E-state index in [4.69, 9.17) is 0 Å². The molecule has 1 amide bonds. The maximum absolute atomic E-state index is 13.3. The molecule has 4 rings (SSSR count). The van der Waals surface area contributed by atoms with Gasteiger partial charge in [0.15, 0.2) is 0 Å². The fourth-order valence-electron chi connectivity index (χ4n) is 4.33. The summed E-state index contributed by atoms with van der Waals surface area (Å²) in [6, 6.07) is 17.4. The highest BCUT2D eigenvalue weighted by Crippen LogP contribution is 2.25. The maximum atomic E-state index is 13.3. The number of carbonyl (C=O) groups is 1. The van der Waals surface area contributed by atoms with Gasteiger partial charge in [-0.2, -0.15) is 0 Å². The SMILES string of the molecule is CCCNC(=O)C1CCN(Cc2cc3ccccc3n2Cc2ccc(F)cc2)CC1. The molecule has 3 aromatic rings. The summed E-state index contributed by atoms with van der Waals surface area (Å²) in [5.74, 6) is 0.141. The van der Waals surface area contributed by atoms with Gasteiger partial charge in [-0.05, 0) is 67.6 Å². The van der Waals surface area contributed by atoms with E-state index >= 15 is 0 Å². The lowest BCUT2D eigenvalue weighted by Gasteiger charge is -2.31. The van der Waals surface area contributed by atoms with Gasteiger partial charge in [0.2, 0.25) is 5.91 Å². The van der Waals surface area contributed by atoms with Crippen LogP contribution in [0, 0.1) is 11.7 Å². The lowest BCUT2D eigenvalue weighted by atomic mass is 9.96. The van der Waals surface area contributed by atoms with Crippen molar-refractivity contribution < 1.29 is 9.18 Å². The van der Waals surface area contributed by atoms with Crippen LogP contribution in [-0.4, -0.2) is 35.0 Å². The van der Waals surface area contributed by atoms with Gasteiger partial charge in [0, 0.05) is 36.8 Å². The maximum Gasteiger partial charge on any atom is 0.223 e. The normalized spacial score (nSPS) is 15.5. The van der Waals surface area contributed by atoms with Crippen molar-refractivity contribution in [1.29, 1.82) is 0 Å². The van der Waals surface area contributed by atoms with Crippen LogP contribution < -0.4 is 5.32 Å². The van der Waals surface area contributed by atoms with Crippen molar-refractivity contribution in [2.75, 3.05) is 19.6 Å². The number of piperidine rings is 1. The summed E-state index contributed by atoms with van der Waals surface area (Å²) >= 11 is 0. The number of amides is 1. The Morgan fingerprint density at radius 3 is 2.53 bits per heavy atom. The van der Waals surface area contributed by atoms with Crippen LogP contribution in [-0.2, 0) is 17.9 Å². The fraction of sp³-hybridized carbons (Fsp3) is 0.400. The second-order valence-corrected chi connectivity index (χ2v) is 8.25. The molecule has 1 aromatic heterocycles. The van der Waals surface area contributed by atoms with Crippen LogP contribution >= 0.6 is 0 Å². The number of para-hydroxylation sites is 1. The minimum Gasteiger partial charge on any atom is -0.356 e. The third-order valence-corrected chi connectivity index (χ3v) is 6.04. The standard InChI is InChI=1S/C25H30FN3O/c1-2-13-27-25(30)20-11-14-28(15-12-20)18-23-16-21-5-3-4-6-24(21)29(23)17-19-7-9-22(26)10-8-19/h3-10,16,20H,2,11-15,17-18H2,1H3,(H,27,30). The first-order valence-electron chi connectivity index (χ1n) is 11.0. The van der Waals surface area contributed by atoms with Crippen molar-refractivity contribution in [2.24, 2.45) is 5.92 Å². The Labute approximate surface area is 177 Å². The van der Waals surface area contributed by atoms with Gasteiger partial charge in [0.25, 0.3) is 0 Å². The summed E-state index contributed by atoms with van der Waals surface area (Å²) in [5, 5.41) is 4.26. The smallest absolute Gasteiger partial charge is 0.223 e. The molecule has 1 aliphatic heterocycles. The number of benzene rings is 2. The average molecular weight is 408 g/mol. The van der Waals surface area contributed by atoms with E-state index < -0.39 is 0 Å². The third kappa shape index (κ3) is 4.73.